The Hall–Kier alpha value is -0.430. The molecule has 8 saturated carbocycles. The Morgan fingerprint density at radius 1 is 0.714 bits per heavy atom. The number of likely N-dealkylation sites (N-methyl/N-ethyl adjacent to an activating group) is 1. The number of nitrogens with zero attached hydrogens (tertiary/aromatic N) is 2. The highest BCUT2D eigenvalue weighted by Gasteiger charge is 2.63. The SMILES string of the molecule is C=CC=CC=C(CN1CCN(C)CC1)P(C12CC3CC(CC(C3)C1)C2)C12CC3CC(CC(C3)C1)C2. The Morgan fingerprint density at radius 2 is 1.14 bits per heavy atom. The van der Waals surface area contributed by atoms with E-state index in [1.807, 2.05) is 11.4 Å². The van der Waals surface area contributed by atoms with Crippen LogP contribution >= 0.6 is 7.92 Å². The summed E-state index contributed by atoms with van der Waals surface area (Å²) >= 11 is 0. The molecule has 0 spiro atoms. The number of rotatable bonds is 7. The minimum absolute atomic E-state index is 0.105. The number of hydrogen-bond donors (Lipinski definition) is 0. The van der Waals surface area contributed by atoms with E-state index in [1.54, 1.807) is 77.0 Å². The molecule has 8 bridgehead atoms. The summed E-state index contributed by atoms with van der Waals surface area (Å²) in [6.07, 6.45) is 28.3. The summed E-state index contributed by atoms with van der Waals surface area (Å²) in [6.45, 7) is 10.2. The zero-order valence-electron chi connectivity index (χ0n) is 22.3. The molecule has 2 nitrogen and oxygen atoms in total. The molecule has 0 aromatic heterocycles. The van der Waals surface area contributed by atoms with Crippen LogP contribution in [0.3, 0.4) is 0 Å². The van der Waals surface area contributed by atoms with E-state index in [0.717, 1.165) is 35.5 Å². The molecule has 1 saturated heterocycles. The van der Waals surface area contributed by atoms with Gasteiger partial charge in [0.2, 0.25) is 0 Å². The van der Waals surface area contributed by atoms with Crippen molar-refractivity contribution in [1.29, 1.82) is 0 Å². The summed E-state index contributed by atoms with van der Waals surface area (Å²) in [5.74, 6) is 6.38. The van der Waals surface area contributed by atoms with Gasteiger partial charge in [-0.25, -0.2) is 0 Å². The van der Waals surface area contributed by atoms with E-state index in [1.165, 1.54) is 32.7 Å². The Balaban J connectivity index is 1.30. The van der Waals surface area contributed by atoms with Crippen molar-refractivity contribution < 1.29 is 0 Å². The summed E-state index contributed by atoms with van der Waals surface area (Å²) < 4.78 is 0. The highest BCUT2D eigenvalue weighted by Crippen LogP contribution is 2.81. The minimum Gasteiger partial charge on any atom is -0.304 e. The van der Waals surface area contributed by atoms with Gasteiger partial charge < -0.3 is 4.90 Å². The largest absolute Gasteiger partial charge is 0.304 e. The third-order valence-electron chi connectivity index (χ3n) is 11.8. The molecule has 9 fully saturated rings. The normalized spacial score (nSPS) is 48.2. The topological polar surface area (TPSA) is 6.48 Å². The lowest BCUT2D eigenvalue weighted by molar-refractivity contribution is 0.0189. The fraction of sp³-hybridized carbons (Fsp3) is 0.812. The standard InChI is InChI=1S/C32H49N2P/c1-3-4-5-6-30(23-34-9-7-33(2)8-10-34)35(31-17-24-11-25(18-31)13-26(12-24)19-31)32-20-27-14-28(21-32)16-29(15-27)22-32/h3-6,24-29H,1,7-23H2,2H3. The first-order valence-corrected chi connectivity index (χ1v) is 16.6. The third-order valence-corrected chi connectivity index (χ3v) is 15.6. The molecule has 0 unspecified atom stereocenters. The van der Waals surface area contributed by atoms with Gasteiger partial charge in [0, 0.05) is 32.7 Å². The van der Waals surface area contributed by atoms with Crippen LogP contribution in [0.25, 0.3) is 0 Å². The Morgan fingerprint density at radius 3 is 1.54 bits per heavy atom. The molecule has 9 aliphatic rings. The molecule has 0 aromatic carbocycles. The summed E-state index contributed by atoms with van der Waals surface area (Å²) in [7, 11) is 2.20. The summed E-state index contributed by atoms with van der Waals surface area (Å²) in [6, 6.07) is 0. The molecule has 9 rings (SSSR count). The van der Waals surface area contributed by atoms with Crippen LogP contribution < -0.4 is 0 Å². The summed E-state index contributed by atoms with van der Waals surface area (Å²) in [4.78, 5) is 5.36. The Bertz CT molecular complexity index is 763. The van der Waals surface area contributed by atoms with Gasteiger partial charge in [0.1, 0.15) is 0 Å². The van der Waals surface area contributed by atoms with E-state index in [-0.39, 0.29) is 7.92 Å². The van der Waals surface area contributed by atoms with Crippen LogP contribution in [-0.2, 0) is 0 Å². The second-order valence-electron chi connectivity index (χ2n) is 14.5. The van der Waals surface area contributed by atoms with Gasteiger partial charge in [-0.1, -0.05) is 38.8 Å². The Labute approximate surface area is 216 Å². The van der Waals surface area contributed by atoms with Crippen LogP contribution in [0.2, 0.25) is 0 Å². The van der Waals surface area contributed by atoms with E-state index < -0.39 is 0 Å². The molecule has 8 aliphatic carbocycles. The van der Waals surface area contributed by atoms with Crippen molar-refractivity contribution in [3.63, 3.8) is 0 Å². The maximum Gasteiger partial charge on any atom is 0.0239 e. The fourth-order valence-corrected chi connectivity index (χ4v) is 16.9. The predicted molar refractivity (Wildman–Crippen MR) is 150 cm³/mol. The van der Waals surface area contributed by atoms with E-state index >= 15 is 0 Å². The quantitative estimate of drug-likeness (QED) is 0.272. The fourth-order valence-electron chi connectivity index (χ4n) is 11.5. The van der Waals surface area contributed by atoms with Crippen molar-refractivity contribution >= 4 is 7.92 Å². The van der Waals surface area contributed by atoms with Crippen LogP contribution in [-0.4, -0.2) is 59.9 Å². The molecule has 1 heterocycles. The van der Waals surface area contributed by atoms with E-state index in [9.17, 15) is 0 Å². The third kappa shape index (κ3) is 4.27. The molecule has 0 N–H and O–H groups in total. The molecule has 0 amide bonds. The molecule has 0 radical (unpaired) electrons. The molecule has 3 heteroatoms. The number of hydrogen-bond acceptors (Lipinski definition) is 2. The van der Waals surface area contributed by atoms with Crippen molar-refractivity contribution in [2.45, 2.75) is 87.4 Å². The zero-order chi connectivity index (χ0) is 23.6. The molecular weight excluding hydrogens is 443 g/mol. The second kappa shape index (κ2) is 9.10. The first kappa shape index (κ1) is 23.7. The maximum absolute atomic E-state index is 4.01. The van der Waals surface area contributed by atoms with Crippen molar-refractivity contribution in [1.82, 2.24) is 9.80 Å². The van der Waals surface area contributed by atoms with Gasteiger partial charge in [0.05, 0.1) is 0 Å². The van der Waals surface area contributed by atoms with Gasteiger partial charge in [0.15, 0.2) is 0 Å². The summed E-state index contributed by atoms with van der Waals surface area (Å²) in [5, 5.41) is 3.26. The van der Waals surface area contributed by atoms with Gasteiger partial charge >= 0.3 is 0 Å². The second-order valence-corrected chi connectivity index (χ2v) is 17.6. The molecule has 0 aromatic rings. The van der Waals surface area contributed by atoms with E-state index in [2.05, 4.69) is 41.7 Å². The van der Waals surface area contributed by atoms with Gasteiger partial charge in [-0.3, -0.25) is 4.90 Å². The number of allylic oxidation sites excluding steroid dienone is 4. The van der Waals surface area contributed by atoms with Crippen molar-refractivity contribution in [3.8, 4) is 0 Å². The molecule has 35 heavy (non-hydrogen) atoms. The van der Waals surface area contributed by atoms with Crippen molar-refractivity contribution in [2.75, 3.05) is 39.8 Å². The van der Waals surface area contributed by atoms with Gasteiger partial charge in [-0.2, -0.15) is 0 Å². The summed E-state index contributed by atoms with van der Waals surface area (Å²) in [5.41, 5.74) is 0. The lowest BCUT2D eigenvalue weighted by Crippen LogP contribution is -2.57. The predicted octanol–water partition coefficient (Wildman–Crippen LogP) is 7.28. The van der Waals surface area contributed by atoms with Crippen LogP contribution in [0.1, 0.15) is 77.0 Å². The van der Waals surface area contributed by atoms with Crippen LogP contribution in [0, 0.1) is 35.5 Å². The lowest BCUT2D eigenvalue weighted by atomic mass is 9.55. The average Bonchev–Trinajstić information content (AvgIpc) is 2.78. The van der Waals surface area contributed by atoms with Crippen molar-refractivity contribution in [3.05, 3.63) is 36.2 Å². The average molecular weight is 493 g/mol. The van der Waals surface area contributed by atoms with Gasteiger partial charge in [-0.15, -0.1) is 0 Å². The lowest BCUT2D eigenvalue weighted by Gasteiger charge is -2.68. The van der Waals surface area contributed by atoms with E-state index in [4.69, 9.17) is 0 Å². The monoisotopic (exact) mass is 492 g/mol. The molecule has 192 valence electrons. The maximum atomic E-state index is 4.01. The van der Waals surface area contributed by atoms with Crippen LogP contribution in [0.5, 0.6) is 0 Å². The smallest absolute Gasteiger partial charge is 0.0239 e. The zero-order valence-corrected chi connectivity index (χ0v) is 23.2. The molecule has 0 atom stereocenters. The van der Waals surface area contributed by atoms with Crippen LogP contribution in [0.15, 0.2) is 36.2 Å². The first-order valence-electron chi connectivity index (χ1n) is 15.2. The van der Waals surface area contributed by atoms with Crippen molar-refractivity contribution in [2.24, 2.45) is 35.5 Å². The first-order chi connectivity index (χ1) is 17.0. The molecular formula is C32H49N2P. The molecule has 1 aliphatic heterocycles. The highest BCUT2D eigenvalue weighted by atomic mass is 31.1. The Kier molecular flexibility index (Phi) is 6.15. The minimum atomic E-state index is -0.105. The van der Waals surface area contributed by atoms with Crippen LogP contribution in [0.4, 0.5) is 0 Å². The highest BCUT2D eigenvalue weighted by molar-refractivity contribution is 7.65. The number of piperazine rings is 1. The van der Waals surface area contributed by atoms with E-state index in [0.29, 0.717) is 10.3 Å². The van der Waals surface area contributed by atoms with Gasteiger partial charge in [-0.05, 0) is 135 Å². The van der Waals surface area contributed by atoms with Gasteiger partial charge in [0.25, 0.3) is 0 Å².